The van der Waals surface area contributed by atoms with Crippen molar-refractivity contribution in [3.05, 3.63) is 72.2 Å². The van der Waals surface area contributed by atoms with Crippen molar-refractivity contribution in [2.75, 3.05) is 25.1 Å². The number of anilines is 1. The second kappa shape index (κ2) is 10.7. The average molecular weight is 440 g/mol. The third-order valence-electron chi connectivity index (χ3n) is 4.08. The molecular formula is C22H21FN4O5. The van der Waals surface area contributed by atoms with Gasteiger partial charge in [-0.05, 0) is 43.3 Å². The molecule has 1 heterocycles. The molecule has 166 valence electrons. The smallest absolute Gasteiger partial charge is 0.325 e. The Labute approximate surface area is 183 Å². The Morgan fingerprint density at radius 2 is 1.72 bits per heavy atom. The number of aromatic nitrogens is 2. The van der Waals surface area contributed by atoms with Crippen LogP contribution in [0, 0.1) is 12.7 Å². The number of nitrogens with one attached hydrogen (secondary N) is 2. The van der Waals surface area contributed by atoms with Crippen LogP contribution in [0.4, 0.5) is 10.2 Å². The number of amides is 2. The molecule has 10 heteroatoms. The maximum atomic E-state index is 13.1. The van der Waals surface area contributed by atoms with Gasteiger partial charge >= 0.3 is 5.97 Å². The van der Waals surface area contributed by atoms with E-state index in [4.69, 9.17) is 9.47 Å². The van der Waals surface area contributed by atoms with E-state index >= 15 is 0 Å². The second-order valence-corrected chi connectivity index (χ2v) is 6.65. The van der Waals surface area contributed by atoms with E-state index in [-0.39, 0.29) is 6.61 Å². The molecule has 32 heavy (non-hydrogen) atoms. The number of ether oxygens (including phenoxy) is 2. The van der Waals surface area contributed by atoms with Crippen molar-refractivity contribution in [1.82, 2.24) is 15.1 Å². The third kappa shape index (κ3) is 6.66. The standard InChI is InChI=1S/C22H21FN4O5/c1-15-11-19(27(26-15)17-9-7-16(23)8-10-17)25-21(29)14-32-22(30)12-24-20(28)13-31-18-5-3-2-4-6-18/h2-11H,12-14H2,1H3,(H,24,28)(H,25,29). The molecular weight excluding hydrogens is 419 g/mol. The number of aryl methyl sites for hydroxylation is 1. The molecule has 2 amide bonds. The molecule has 0 atom stereocenters. The number of hydrogen-bond donors (Lipinski definition) is 2. The Morgan fingerprint density at radius 1 is 1.00 bits per heavy atom. The van der Waals surface area contributed by atoms with E-state index in [1.165, 1.54) is 28.9 Å². The third-order valence-corrected chi connectivity index (χ3v) is 4.08. The van der Waals surface area contributed by atoms with E-state index in [9.17, 15) is 18.8 Å². The zero-order valence-corrected chi connectivity index (χ0v) is 17.2. The summed E-state index contributed by atoms with van der Waals surface area (Å²) in [6, 6.07) is 16.0. The minimum atomic E-state index is -0.781. The van der Waals surface area contributed by atoms with E-state index in [0.717, 1.165) is 0 Å². The average Bonchev–Trinajstić information content (AvgIpc) is 3.15. The van der Waals surface area contributed by atoms with Crippen molar-refractivity contribution in [3.63, 3.8) is 0 Å². The number of carbonyl (C=O) groups is 3. The molecule has 0 radical (unpaired) electrons. The van der Waals surface area contributed by atoms with Gasteiger partial charge in [0.15, 0.2) is 13.2 Å². The van der Waals surface area contributed by atoms with Crippen molar-refractivity contribution < 1.29 is 28.2 Å². The summed E-state index contributed by atoms with van der Waals surface area (Å²) in [6.07, 6.45) is 0. The molecule has 9 nitrogen and oxygen atoms in total. The van der Waals surface area contributed by atoms with Gasteiger partial charge in [-0.25, -0.2) is 9.07 Å². The highest BCUT2D eigenvalue weighted by Gasteiger charge is 2.14. The largest absolute Gasteiger partial charge is 0.484 e. The van der Waals surface area contributed by atoms with Crippen molar-refractivity contribution >= 4 is 23.6 Å². The molecule has 2 aromatic carbocycles. The molecule has 0 aliphatic carbocycles. The summed E-state index contributed by atoms with van der Waals surface area (Å²) < 4.78 is 24.7. The number of halogens is 1. The Kier molecular flexibility index (Phi) is 7.52. The van der Waals surface area contributed by atoms with Crippen molar-refractivity contribution in [2.24, 2.45) is 0 Å². The molecule has 0 fully saturated rings. The van der Waals surface area contributed by atoms with E-state index in [1.54, 1.807) is 37.3 Å². The molecule has 0 spiro atoms. The van der Waals surface area contributed by atoms with Gasteiger partial charge in [-0.2, -0.15) is 5.10 Å². The van der Waals surface area contributed by atoms with E-state index in [1.807, 2.05) is 6.07 Å². The summed E-state index contributed by atoms with van der Waals surface area (Å²) in [5, 5.41) is 9.20. The fourth-order valence-corrected chi connectivity index (χ4v) is 2.63. The van der Waals surface area contributed by atoms with Crippen LogP contribution in [0.2, 0.25) is 0 Å². The number of hydrogen-bond acceptors (Lipinski definition) is 6. The number of benzene rings is 2. The number of carbonyl (C=O) groups excluding carboxylic acids is 3. The zero-order valence-electron chi connectivity index (χ0n) is 17.2. The lowest BCUT2D eigenvalue weighted by molar-refractivity contribution is -0.147. The molecule has 2 N–H and O–H groups in total. The van der Waals surface area contributed by atoms with Crippen LogP contribution in [0.15, 0.2) is 60.7 Å². The van der Waals surface area contributed by atoms with Crippen LogP contribution >= 0.6 is 0 Å². The SMILES string of the molecule is Cc1cc(NC(=O)COC(=O)CNC(=O)COc2ccccc2)n(-c2ccc(F)cc2)n1. The van der Waals surface area contributed by atoms with Gasteiger partial charge in [-0.1, -0.05) is 18.2 Å². The predicted molar refractivity (Wildman–Crippen MR) is 113 cm³/mol. The van der Waals surface area contributed by atoms with Crippen LogP contribution in [-0.4, -0.2) is 47.3 Å². The maximum absolute atomic E-state index is 13.1. The topological polar surface area (TPSA) is 112 Å². The first-order valence-electron chi connectivity index (χ1n) is 9.63. The maximum Gasteiger partial charge on any atom is 0.325 e. The summed E-state index contributed by atoms with van der Waals surface area (Å²) in [4.78, 5) is 35.7. The van der Waals surface area contributed by atoms with Crippen LogP contribution in [0.25, 0.3) is 5.69 Å². The van der Waals surface area contributed by atoms with Gasteiger partial charge in [0, 0.05) is 6.07 Å². The van der Waals surface area contributed by atoms with Gasteiger partial charge in [0.05, 0.1) is 11.4 Å². The number of esters is 1. The molecule has 3 aromatic rings. The van der Waals surface area contributed by atoms with Gasteiger partial charge in [-0.15, -0.1) is 0 Å². The molecule has 0 bridgehead atoms. The zero-order chi connectivity index (χ0) is 22.9. The molecule has 3 rings (SSSR count). The number of para-hydroxylation sites is 1. The van der Waals surface area contributed by atoms with Crippen LogP contribution in [-0.2, 0) is 19.1 Å². The van der Waals surface area contributed by atoms with E-state index in [2.05, 4.69) is 15.7 Å². The fraction of sp³-hybridized carbons (Fsp3) is 0.182. The predicted octanol–water partition coefficient (Wildman–Crippen LogP) is 2.00. The minimum Gasteiger partial charge on any atom is -0.484 e. The first-order chi connectivity index (χ1) is 15.4. The van der Waals surface area contributed by atoms with Gasteiger partial charge < -0.3 is 20.1 Å². The monoisotopic (exact) mass is 440 g/mol. The highest BCUT2D eigenvalue weighted by atomic mass is 19.1. The first kappa shape index (κ1) is 22.5. The fourth-order valence-electron chi connectivity index (χ4n) is 2.63. The van der Waals surface area contributed by atoms with Gasteiger partial charge in [0.1, 0.15) is 23.9 Å². The summed E-state index contributed by atoms with van der Waals surface area (Å²) in [5.74, 6) is -1.42. The highest BCUT2D eigenvalue weighted by molar-refractivity contribution is 5.92. The first-order valence-corrected chi connectivity index (χ1v) is 9.63. The normalized spacial score (nSPS) is 10.3. The molecule has 0 aliphatic rings. The Morgan fingerprint density at radius 3 is 2.44 bits per heavy atom. The van der Waals surface area contributed by atoms with E-state index in [0.29, 0.717) is 22.9 Å². The van der Waals surface area contributed by atoms with Crippen molar-refractivity contribution in [2.45, 2.75) is 6.92 Å². The summed E-state index contributed by atoms with van der Waals surface area (Å²) in [5.41, 5.74) is 1.18. The Bertz CT molecular complexity index is 1080. The highest BCUT2D eigenvalue weighted by Crippen LogP contribution is 2.17. The number of rotatable bonds is 9. The second-order valence-electron chi connectivity index (χ2n) is 6.65. The van der Waals surface area contributed by atoms with Crippen LogP contribution in [0.1, 0.15) is 5.69 Å². The lowest BCUT2D eigenvalue weighted by atomic mass is 10.3. The lowest BCUT2D eigenvalue weighted by Gasteiger charge is -2.10. The number of nitrogens with zero attached hydrogens (tertiary/aromatic N) is 2. The van der Waals surface area contributed by atoms with Crippen molar-refractivity contribution in [3.8, 4) is 11.4 Å². The summed E-state index contributed by atoms with van der Waals surface area (Å²) in [7, 11) is 0. The summed E-state index contributed by atoms with van der Waals surface area (Å²) >= 11 is 0. The summed E-state index contributed by atoms with van der Waals surface area (Å²) in [6.45, 7) is 0.518. The van der Waals surface area contributed by atoms with E-state index < -0.39 is 36.8 Å². The van der Waals surface area contributed by atoms with Gasteiger partial charge in [-0.3, -0.25) is 14.4 Å². The van der Waals surface area contributed by atoms with Gasteiger partial charge in [0.25, 0.3) is 11.8 Å². The van der Waals surface area contributed by atoms with Crippen LogP contribution < -0.4 is 15.4 Å². The lowest BCUT2D eigenvalue weighted by Crippen LogP contribution is -2.35. The molecule has 1 aromatic heterocycles. The van der Waals surface area contributed by atoms with Crippen LogP contribution in [0.5, 0.6) is 5.75 Å². The minimum absolute atomic E-state index is 0.259. The van der Waals surface area contributed by atoms with Crippen LogP contribution in [0.3, 0.4) is 0 Å². The Hall–Kier alpha value is -4.21. The molecule has 0 unspecified atom stereocenters. The quantitative estimate of drug-likeness (QED) is 0.493. The molecule has 0 saturated carbocycles. The Balaban J connectivity index is 1.42. The molecule has 0 saturated heterocycles. The van der Waals surface area contributed by atoms with Gasteiger partial charge in [0.2, 0.25) is 0 Å². The molecule has 0 aliphatic heterocycles. The van der Waals surface area contributed by atoms with Crippen molar-refractivity contribution in [1.29, 1.82) is 0 Å².